The molecule has 1 aliphatic rings. The van der Waals surface area contributed by atoms with Crippen LogP contribution < -0.4 is 9.47 Å². The van der Waals surface area contributed by atoms with Crippen LogP contribution in [0.15, 0.2) is 36.4 Å². The molecule has 1 fully saturated rings. The number of benzene rings is 2. The summed E-state index contributed by atoms with van der Waals surface area (Å²) in [5.74, 6) is -6.03. The molecule has 2 aromatic rings. The summed E-state index contributed by atoms with van der Waals surface area (Å²) in [4.78, 5) is 24.7. The maximum atomic E-state index is 15.9. The topological polar surface area (TPSA) is 72.8 Å². The average Bonchev–Trinajstić information content (AvgIpc) is 3.05. The summed E-state index contributed by atoms with van der Waals surface area (Å²) < 4.78 is 56.1. The molecule has 1 aliphatic carbocycles. The lowest BCUT2D eigenvalue weighted by Gasteiger charge is -2.35. The lowest BCUT2D eigenvalue weighted by Crippen LogP contribution is -2.43. The Morgan fingerprint density at radius 2 is 1.44 bits per heavy atom. The number of carbonyl (C=O) groups excluding carboxylic acids is 1. The van der Waals surface area contributed by atoms with Crippen molar-refractivity contribution >= 4 is 11.9 Å². The Kier molecular flexibility index (Phi) is 15.2. The molecule has 250 valence electrons. The van der Waals surface area contributed by atoms with Crippen molar-refractivity contribution in [3.63, 3.8) is 0 Å². The van der Waals surface area contributed by atoms with Gasteiger partial charge >= 0.3 is 11.9 Å². The standard InChI is InChI=1S/C37H51F3O5/c1-3-5-6-7-8-9-10-11-12-16-25-44-32-24-23-31(33(38)34(32)39)35(41)45-30-21-19-28(20-22-30)27(4-2)26-37(40,36(42)43)29-17-14-13-15-18-29/h19-24,27,29H,3-18,25-26H2,1-2H3,(H,42,43)/t27?,37-/m0/s1. The number of carboxylic acids is 1. The molecule has 1 saturated carbocycles. The fourth-order valence-corrected chi connectivity index (χ4v) is 6.39. The molecule has 2 aromatic carbocycles. The Hall–Kier alpha value is -3.03. The van der Waals surface area contributed by atoms with Gasteiger partial charge in [0.25, 0.3) is 0 Å². The smallest absolute Gasteiger partial charge is 0.346 e. The third kappa shape index (κ3) is 10.8. The molecule has 2 atom stereocenters. The molecule has 45 heavy (non-hydrogen) atoms. The fraction of sp³-hybridized carbons (Fsp3) is 0.622. The van der Waals surface area contributed by atoms with E-state index in [0.717, 1.165) is 56.6 Å². The van der Waals surface area contributed by atoms with Gasteiger partial charge in [-0.15, -0.1) is 0 Å². The van der Waals surface area contributed by atoms with E-state index in [2.05, 4.69) is 6.92 Å². The number of halogens is 3. The van der Waals surface area contributed by atoms with Crippen LogP contribution in [0.25, 0.3) is 0 Å². The zero-order valence-electron chi connectivity index (χ0n) is 27.1. The second-order valence-corrected chi connectivity index (χ2v) is 12.5. The number of hydrogen-bond donors (Lipinski definition) is 1. The van der Waals surface area contributed by atoms with E-state index < -0.39 is 40.7 Å². The summed E-state index contributed by atoms with van der Waals surface area (Å²) >= 11 is 0. The second-order valence-electron chi connectivity index (χ2n) is 12.5. The summed E-state index contributed by atoms with van der Waals surface area (Å²) in [7, 11) is 0. The van der Waals surface area contributed by atoms with Gasteiger partial charge in [-0.1, -0.05) is 103 Å². The minimum atomic E-state index is -2.31. The molecule has 0 radical (unpaired) electrons. The van der Waals surface area contributed by atoms with E-state index in [-0.39, 0.29) is 30.4 Å². The molecule has 1 N–H and O–H groups in total. The molecule has 0 bridgehead atoms. The van der Waals surface area contributed by atoms with Crippen molar-refractivity contribution < 1.29 is 37.3 Å². The zero-order chi connectivity index (χ0) is 32.7. The number of carbonyl (C=O) groups is 2. The molecule has 5 nitrogen and oxygen atoms in total. The van der Waals surface area contributed by atoms with Crippen LogP contribution in [-0.2, 0) is 4.79 Å². The Bertz CT molecular complexity index is 1200. The van der Waals surface area contributed by atoms with E-state index in [1.807, 2.05) is 6.92 Å². The van der Waals surface area contributed by atoms with Crippen molar-refractivity contribution in [2.75, 3.05) is 6.61 Å². The number of unbranched alkanes of at least 4 members (excludes halogenated alkanes) is 9. The van der Waals surface area contributed by atoms with Crippen LogP contribution >= 0.6 is 0 Å². The van der Waals surface area contributed by atoms with Crippen molar-refractivity contribution in [2.45, 2.75) is 135 Å². The van der Waals surface area contributed by atoms with Crippen LogP contribution in [0.1, 0.15) is 145 Å². The first-order chi connectivity index (χ1) is 21.7. The van der Waals surface area contributed by atoms with Crippen LogP contribution in [-0.4, -0.2) is 29.3 Å². The summed E-state index contributed by atoms with van der Waals surface area (Å²) in [6.45, 7) is 4.35. The van der Waals surface area contributed by atoms with Crippen LogP contribution in [0.2, 0.25) is 0 Å². The number of carboxylic acid groups (broad SMARTS) is 1. The molecular weight excluding hydrogens is 581 g/mol. The van der Waals surface area contributed by atoms with Crippen molar-refractivity contribution in [3.05, 3.63) is 59.2 Å². The number of hydrogen-bond acceptors (Lipinski definition) is 4. The highest BCUT2D eigenvalue weighted by molar-refractivity contribution is 5.91. The number of ether oxygens (including phenoxy) is 2. The lowest BCUT2D eigenvalue weighted by molar-refractivity contribution is -0.157. The molecule has 0 amide bonds. The fourth-order valence-electron chi connectivity index (χ4n) is 6.39. The van der Waals surface area contributed by atoms with Gasteiger partial charge in [0.15, 0.2) is 11.6 Å². The minimum Gasteiger partial charge on any atom is -0.490 e. The maximum absolute atomic E-state index is 15.9. The molecular formula is C37H51F3O5. The SMILES string of the molecule is CCCCCCCCCCCCOc1ccc(C(=O)Oc2ccc(C(CC)C[C@@](F)(C(=O)O)C3CCCCC3)cc2)c(F)c1F. The van der Waals surface area contributed by atoms with Crippen LogP contribution in [0, 0.1) is 17.6 Å². The normalized spacial score (nSPS) is 15.8. The largest absolute Gasteiger partial charge is 0.490 e. The maximum Gasteiger partial charge on any atom is 0.346 e. The molecule has 0 aliphatic heterocycles. The molecule has 3 rings (SSSR count). The summed E-state index contributed by atoms with van der Waals surface area (Å²) in [6.07, 6.45) is 15.7. The number of rotatable bonds is 20. The van der Waals surface area contributed by atoms with E-state index in [4.69, 9.17) is 9.47 Å². The van der Waals surface area contributed by atoms with Gasteiger partial charge in [-0.05, 0) is 67.9 Å². The van der Waals surface area contributed by atoms with Gasteiger partial charge in [0.2, 0.25) is 11.5 Å². The van der Waals surface area contributed by atoms with Gasteiger partial charge in [0.1, 0.15) is 5.75 Å². The van der Waals surface area contributed by atoms with E-state index in [9.17, 15) is 23.5 Å². The number of alkyl halides is 1. The summed E-state index contributed by atoms with van der Waals surface area (Å²) in [5.41, 5.74) is -2.14. The molecule has 0 spiro atoms. The van der Waals surface area contributed by atoms with Crippen LogP contribution in [0.5, 0.6) is 11.5 Å². The van der Waals surface area contributed by atoms with Crippen LogP contribution in [0.4, 0.5) is 13.2 Å². The highest BCUT2D eigenvalue weighted by atomic mass is 19.2. The zero-order valence-corrected chi connectivity index (χ0v) is 27.1. The molecule has 0 saturated heterocycles. The number of esters is 1. The summed E-state index contributed by atoms with van der Waals surface area (Å²) in [5, 5.41) is 9.81. The Labute approximate surface area is 266 Å². The third-order valence-corrected chi connectivity index (χ3v) is 9.23. The van der Waals surface area contributed by atoms with Gasteiger partial charge in [0, 0.05) is 5.92 Å². The van der Waals surface area contributed by atoms with Crippen molar-refractivity contribution in [1.29, 1.82) is 0 Å². The Balaban J connectivity index is 1.50. The quantitative estimate of drug-likeness (QED) is 0.0893. The van der Waals surface area contributed by atoms with Gasteiger partial charge in [-0.2, -0.15) is 4.39 Å². The Morgan fingerprint density at radius 3 is 2.02 bits per heavy atom. The predicted molar refractivity (Wildman–Crippen MR) is 171 cm³/mol. The molecule has 1 unspecified atom stereocenters. The highest BCUT2D eigenvalue weighted by Gasteiger charge is 2.48. The minimum absolute atomic E-state index is 0.108. The monoisotopic (exact) mass is 632 g/mol. The second kappa shape index (κ2) is 18.8. The molecule has 8 heteroatoms. The lowest BCUT2D eigenvalue weighted by atomic mass is 9.72. The molecule has 0 aromatic heterocycles. The van der Waals surface area contributed by atoms with Crippen molar-refractivity contribution in [2.24, 2.45) is 5.92 Å². The number of aliphatic carboxylic acids is 1. The molecule has 0 heterocycles. The van der Waals surface area contributed by atoms with E-state index in [1.165, 1.54) is 56.7 Å². The predicted octanol–water partition coefficient (Wildman–Crippen LogP) is 10.7. The van der Waals surface area contributed by atoms with Gasteiger partial charge < -0.3 is 14.6 Å². The van der Waals surface area contributed by atoms with Crippen molar-refractivity contribution in [3.8, 4) is 11.5 Å². The van der Waals surface area contributed by atoms with E-state index in [1.54, 1.807) is 12.1 Å². The average molecular weight is 633 g/mol. The first kappa shape index (κ1) is 36.4. The third-order valence-electron chi connectivity index (χ3n) is 9.23. The first-order valence-electron chi connectivity index (χ1n) is 17.1. The first-order valence-corrected chi connectivity index (χ1v) is 17.1. The highest BCUT2D eigenvalue weighted by Crippen LogP contribution is 2.43. The van der Waals surface area contributed by atoms with Gasteiger partial charge in [0.05, 0.1) is 12.2 Å². The van der Waals surface area contributed by atoms with Crippen molar-refractivity contribution in [1.82, 2.24) is 0 Å². The Morgan fingerprint density at radius 1 is 0.844 bits per heavy atom. The van der Waals surface area contributed by atoms with Crippen LogP contribution in [0.3, 0.4) is 0 Å². The van der Waals surface area contributed by atoms with E-state index in [0.29, 0.717) is 19.3 Å². The van der Waals surface area contributed by atoms with E-state index >= 15 is 4.39 Å². The van der Waals surface area contributed by atoms with Gasteiger partial charge in [-0.25, -0.2) is 18.4 Å². The summed E-state index contributed by atoms with van der Waals surface area (Å²) in [6, 6.07) is 8.68. The van der Waals surface area contributed by atoms with Gasteiger partial charge in [-0.3, -0.25) is 0 Å².